The van der Waals surface area contributed by atoms with Gasteiger partial charge in [0.05, 0.1) is 25.9 Å². The minimum Gasteiger partial charge on any atom is -0.462 e. The van der Waals surface area contributed by atoms with E-state index in [1.54, 1.807) is 18.2 Å². The van der Waals surface area contributed by atoms with Crippen LogP contribution >= 0.6 is 15.6 Å². The second-order valence-electron chi connectivity index (χ2n) is 13.9. The van der Waals surface area contributed by atoms with Crippen molar-refractivity contribution in [3.05, 3.63) is 72.9 Å². The van der Waals surface area contributed by atoms with Gasteiger partial charge in [0.2, 0.25) is 0 Å². The SMILES string of the molecule is CC/C=C\C/C=C\C/C=C\C/C=C\C/C=C\C=C/C(O)CCC(=O)OC[C@H](COP(=O)(O)OC[C@@H](O)COP(=O)(O)O)OC(=O)CCCCCCCCCC(C)C. The summed E-state index contributed by atoms with van der Waals surface area (Å²) in [6, 6.07) is 0. The van der Waals surface area contributed by atoms with E-state index in [1.165, 1.54) is 19.3 Å². The summed E-state index contributed by atoms with van der Waals surface area (Å²) < 4.78 is 47.4. The zero-order chi connectivity index (χ0) is 42.6. The number of unbranched alkanes of at least 4 members (excludes halogenated alkanes) is 6. The smallest absolute Gasteiger partial charge is 0.462 e. The Morgan fingerprint density at radius 1 is 0.596 bits per heavy atom. The van der Waals surface area contributed by atoms with Crippen molar-refractivity contribution in [1.29, 1.82) is 0 Å². The van der Waals surface area contributed by atoms with Crippen LogP contribution in [0.3, 0.4) is 0 Å². The van der Waals surface area contributed by atoms with Crippen LogP contribution in [-0.2, 0) is 41.8 Å². The molecule has 5 N–H and O–H groups in total. The van der Waals surface area contributed by atoms with E-state index in [2.05, 4.69) is 72.4 Å². The minimum atomic E-state index is -4.88. The van der Waals surface area contributed by atoms with E-state index in [1.807, 2.05) is 12.2 Å². The number of carbonyl (C=O) groups excluding carboxylic acids is 2. The van der Waals surface area contributed by atoms with Crippen molar-refractivity contribution in [3.8, 4) is 0 Å². The minimum absolute atomic E-state index is 0.0620. The number of allylic oxidation sites excluding steroid dienone is 11. The average Bonchev–Trinajstić information content (AvgIpc) is 3.15. The summed E-state index contributed by atoms with van der Waals surface area (Å²) >= 11 is 0. The topological polar surface area (TPSA) is 216 Å². The van der Waals surface area contributed by atoms with Crippen molar-refractivity contribution in [3.63, 3.8) is 0 Å². The first-order valence-corrected chi connectivity index (χ1v) is 23.1. The Morgan fingerprint density at radius 2 is 1.12 bits per heavy atom. The molecule has 0 saturated carbocycles. The van der Waals surface area contributed by atoms with Crippen LogP contribution in [-0.4, -0.2) is 81.6 Å². The number of ether oxygens (including phenoxy) is 2. The van der Waals surface area contributed by atoms with Gasteiger partial charge in [-0.25, -0.2) is 9.13 Å². The van der Waals surface area contributed by atoms with Gasteiger partial charge in [0.15, 0.2) is 6.10 Å². The number of hydrogen-bond donors (Lipinski definition) is 5. The molecule has 14 nitrogen and oxygen atoms in total. The molecule has 0 radical (unpaired) electrons. The number of aliphatic hydroxyl groups excluding tert-OH is 2. The molecule has 0 spiro atoms. The fourth-order valence-electron chi connectivity index (χ4n) is 4.82. The molecule has 0 aromatic carbocycles. The summed E-state index contributed by atoms with van der Waals surface area (Å²) in [5.41, 5.74) is 0. The van der Waals surface area contributed by atoms with Crippen molar-refractivity contribution in [1.82, 2.24) is 0 Å². The van der Waals surface area contributed by atoms with Gasteiger partial charge in [0, 0.05) is 12.8 Å². The molecule has 0 amide bonds. The maximum Gasteiger partial charge on any atom is 0.472 e. The molecule has 2 unspecified atom stereocenters. The molecule has 0 fully saturated rings. The van der Waals surface area contributed by atoms with Crippen LogP contribution in [0.4, 0.5) is 0 Å². The van der Waals surface area contributed by atoms with E-state index in [0.717, 1.165) is 57.8 Å². The van der Waals surface area contributed by atoms with E-state index in [0.29, 0.717) is 12.3 Å². The van der Waals surface area contributed by atoms with Crippen LogP contribution in [0.2, 0.25) is 0 Å². The van der Waals surface area contributed by atoms with Crippen LogP contribution < -0.4 is 0 Å². The average molecular weight is 849 g/mol. The van der Waals surface area contributed by atoms with E-state index in [-0.39, 0.29) is 19.3 Å². The summed E-state index contributed by atoms with van der Waals surface area (Å²) in [5, 5.41) is 20.0. The van der Waals surface area contributed by atoms with Gasteiger partial charge in [-0.15, -0.1) is 0 Å². The second kappa shape index (κ2) is 35.5. The predicted molar refractivity (Wildman–Crippen MR) is 222 cm³/mol. The van der Waals surface area contributed by atoms with Crippen molar-refractivity contribution >= 4 is 27.6 Å². The maximum atomic E-state index is 12.6. The van der Waals surface area contributed by atoms with Gasteiger partial charge in [0.25, 0.3) is 0 Å². The van der Waals surface area contributed by atoms with Crippen LogP contribution in [0.25, 0.3) is 0 Å². The van der Waals surface area contributed by atoms with Crippen LogP contribution in [0, 0.1) is 5.92 Å². The van der Waals surface area contributed by atoms with Gasteiger partial charge < -0.3 is 34.4 Å². The fourth-order valence-corrected chi connectivity index (χ4v) is 5.97. The van der Waals surface area contributed by atoms with Crippen molar-refractivity contribution < 1.29 is 66.7 Å². The summed E-state index contributed by atoms with van der Waals surface area (Å²) in [6.07, 6.45) is 32.7. The van der Waals surface area contributed by atoms with Crippen LogP contribution in [0.15, 0.2) is 72.9 Å². The lowest BCUT2D eigenvalue weighted by atomic mass is 10.0. The van der Waals surface area contributed by atoms with Gasteiger partial charge >= 0.3 is 27.6 Å². The molecule has 57 heavy (non-hydrogen) atoms. The molecule has 0 saturated heterocycles. The molecule has 0 aliphatic rings. The highest BCUT2D eigenvalue weighted by atomic mass is 31.2. The molecule has 0 aromatic heterocycles. The second-order valence-corrected chi connectivity index (χ2v) is 16.6. The molecule has 0 heterocycles. The third-order valence-corrected chi connectivity index (χ3v) is 9.33. The number of hydrogen-bond acceptors (Lipinski definition) is 11. The Labute approximate surface area is 340 Å². The Balaban J connectivity index is 4.77. The summed E-state index contributed by atoms with van der Waals surface area (Å²) in [4.78, 5) is 52.5. The zero-order valence-electron chi connectivity index (χ0n) is 34.2. The van der Waals surface area contributed by atoms with Crippen LogP contribution in [0.5, 0.6) is 0 Å². The number of aliphatic hydroxyl groups is 2. The molecule has 4 atom stereocenters. The Morgan fingerprint density at radius 3 is 1.70 bits per heavy atom. The van der Waals surface area contributed by atoms with Gasteiger partial charge in [-0.05, 0) is 50.9 Å². The first kappa shape index (κ1) is 54.5. The van der Waals surface area contributed by atoms with E-state index >= 15 is 0 Å². The lowest BCUT2D eigenvalue weighted by Crippen LogP contribution is -2.30. The van der Waals surface area contributed by atoms with Gasteiger partial charge in [0.1, 0.15) is 12.7 Å². The summed E-state index contributed by atoms with van der Waals surface area (Å²) in [5.74, 6) is -0.628. The molecular formula is C41H70O14P2. The molecule has 0 rings (SSSR count). The predicted octanol–water partition coefficient (Wildman–Crippen LogP) is 8.66. The van der Waals surface area contributed by atoms with E-state index in [4.69, 9.17) is 23.8 Å². The fraction of sp³-hybridized carbons (Fsp3) is 0.659. The molecule has 0 aliphatic heterocycles. The lowest BCUT2D eigenvalue weighted by molar-refractivity contribution is -0.161. The number of phosphoric acid groups is 2. The highest BCUT2D eigenvalue weighted by molar-refractivity contribution is 7.47. The number of phosphoric ester groups is 2. The Bertz CT molecular complexity index is 1320. The summed E-state index contributed by atoms with van der Waals surface area (Å²) in [6.45, 7) is 3.56. The van der Waals surface area contributed by atoms with E-state index < -0.39 is 72.3 Å². The highest BCUT2D eigenvalue weighted by Gasteiger charge is 2.28. The third-order valence-electron chi connectivity index (χ3n) is 7.90. The zero-order valence-corrected chi connectivity index (χ0v) is 36.0. The molecular weight excluding hydrogens is 778 g/mol. The monoisotopic (exact) mass is 848 g/mol. The van der Waals surface area contributed by atoms with Gasteiger partial charge in [-0.1, -0.05) is 139 Å². The van der Waals surface area contributed by atoms with Gasteiger partial charge in [-0.2, -0.15) is 0 Å². The number of rotatable bonds is 36. The molecule has 0 aromatic rings. The molecule has 0 aliphatic carbocycles. The number of carbonyl (C=O) groups is 2. The summed E-state index contributed by atoms with van der Waals surface area (Å²) in [7, 11) is -9.74. The third kappa shape index (κ3) is 40.1. The maximum absolute atomic E-state index is 12.6. The molecule has 328 valence electrons. The number of esters is 2. The quantitative estimate of drug-likeness (QED) is 0.0131. The molecule has 0 bridgehead atoms. The Hall–Kier alpha value is -2.48. The van der Waals surface area contributed by atoms with E-state index in [9.17, 15) is 33.8 Å². The lowest BCUT2D eigenvalue weighted by Gasteiger charge is -2.20. The van der Waals surface area contributed by atoms with Gasteiger partial charge in [-0.3, -0.25) is 23.2 Å². The van der Waals surface area contributed by atoms with Crippen molar-refractivity contribution in [2.75, 3.05) is 26.4 Å². The normalized spacial score (nSPS) is 15.5. The molecule has 16 heteroatoms. The van der Waals surface area contributed by atoms with Crippen LogP contribution in [0.1, 0.15) is 124 Å². The first-order valence-electron chi connectivity index (χ1n) is 20.1. The standard InChI is InChI=1S/C41H70O14P2/c1-4-5-6-7-8-9-10-11-12-13-14-15-16-19-22-25-28-37(42)30-31-40(44)51-34-39(35-54-57(49,50)53-33-38(43)32-52-56(46,47)48)55-41(45)29-26-23-20-17-18-21-24-27-36(2)3/h5-6,8-9,11-12,14-15,19,22,25,28,36-39,42-43H,4,7,10,13,16-18,20-21,23-24,26-27,29-35H2,1-3H3,(H,49,50)(H2,46,47,48)/b6-5-,9-8-,12-11-,15-14-,22-19-,28-25-/t37?,38-,39+/m0/s1. The van der Waals surface area contributed by atoms with Crippen molar-refractivity contribution in [2.24, 2.45) is 5.92 Å². The largest absolute Gasteiger partial charge is 0.472 e. The first-order chi connectivity index (χ1) is 27.1. The van der Waals surface area contributed by atoms with Crippen molar-refractivity contribution in [2.45, 2.75) is 142 Å². The Kier molecular flexibility index (Phi) is 33.9. The highest BCUT2D eigenvalue weighted by Crippen LogP contribution is 2.43.